The number of carbonyl (C=O) groups is 1. The first-order valence-corrected chi connectivity index (χ1v) is 9.27. The number of fused-ring (bicyclic) bond motifs is 2. The largest absolute Gasteiger partial charge is 0.507 e. The number of aldehydes is 1. The minimum atomic E-state index is -0.125. The zero-order chi connectivity index (χ0) is 18.6. The van der Waals surface area contributed by atoms with Gasteiger partial charge in [0.15, 0.2) is 17.5 Å². The van der Waals surface area contributed by atoms with Crippen LogP contribution in [-0.4, -0.2) is 16.5 Å². The smallest absolute Gasteiger partial charge is 0.153 e. The highest BCUT2D eigenvalue weighted by Crippen LogP contribution is 2.40. The third-order valence-corrected chi connectivity index (χ3v) is 5.41. The van der Waals surface area contributed by atoms with Crippen molar-refractivity contribution >= 4 is 60.1 Å². The van der Waals surface area contributed by atoms with Crippen molar-refractivity contribution in [2.75, 3.05) is 0 Å². The van der Waals surface area contributed by atoms with Gasteiger partial charge in [0, 0.05) is 12.0 Å². The van der Waals surface area contributed by atoms with E-state index in [4.69, 9.17) is 8.83 Å². The fourth-order valence-corrected chi connectivity index (χ4v) is 4.16. The van der Waals surface area contributed by atoms with Crippen LogP contribution in [0.3, 0.4) is 0 Å². The highest BCUT2D eigenvalue weighted by Gasteiger charge is 2.18. The average molecular weight is 480 g/mol. The molecule has 0 amide bonds. The van der Waals surface area contributed by atoms with Crippen LogP contribution in [0.25, 0.3) is 21.9 Å². The van der Waals surface area contributed by atoms with Crippen molar-refractivity contribution in [1.82, 2.24) is 0 Å². The molecule has 26 heavy (non-hydrogen) atoms. The molecular weight excluding hydrogens is 468 g/mol. The molecule has 7 heteroatoms. The van der Waals surface area contributed by atoms with Crippen molar-refractivity contribution in [3.63, 3.8) is 0 Å². The Morgan fingerprint density at radius 3 is 2.35 bits per heavy atom. The number of phenolic OH excluding ortho intramolecular Hbond substituents is 2. The molecule has 4 rings (SSSR count). The standard InChI is InChI=1S/C19H12Br2O5/c1-8-2-12-16(23)9(4-14(20)18(12)25-8)3-11-6-13-17(24)10(7-22)5-15(21)19(13)26-11/h2,4-7,23-24H,3H2,1H3. The van der Waals surface area contributed by atoms with Gasteiger partial charge in [0.1, 0.15) is 23.0 Å². The summed E-state index contributed by atoms with van der Waals surface area (Å²) in [6.45, 7) is 1.82. The van der Waals surface area contributed by atoms with Crippen LogP contribution in [0, 0.1) is 6.92 Å². The molecule has 0 unspecified atom stereocenters. The minimum absolute atomic E-state index is 0.123. The molecule has 0 saturated heterocycles. The van der Waals surface area contributed by atoms with Crippen LogP contribution in [0.4, 0.5) is 0 Å². The Balaban J connectivity index is 1.84. The minimum Gasteiger partial charge on any atom is -0.507 e. The number of rotatable bonds is 3. The van der Waals surface area contributed by atoms with Gasteiger partial charge in [-0.05, 0) is 63.0 Å². The second kappa shape index (κ2) is 6.17. The van der Waals surface area contributed by atoms with Crippen LogP contribution >= 0.6 is 31.9 Å². The van der Waals surface area contributed by atoms with Crippen molar-refractivity contribution in [2.24, 2.45) is 0 Å². The highest BCUT2D eigenvalue weighted by atomic mass is 79.9. The van der Waals surface area contributed by atoms with Gasteiger partial charge >= 0.3 is 0 Å². The second-order valence-corrected chi connectivity index (χ2v) is 7.72. The molecule has 5 nitrogen and oxygen atoms in total. The van der Waals surface area contributed by atoms with Gasteiger partial charge < -0.3 is 19.0 Å². The Kier molecular flexibility index (Phi) is 4.08. The first-order valence-electron chi connectivity index (χ1n) is 7.68. The Morgan fingerprint density at radius 1 is 0.962 bits per heavy atom. The van der Waals surface area contributed by atoms with Crippen LogP contribution in [-0.2, 0) is 6.42 Å². The van der Waals surface area contributed by atoms with E-state index in [1.807, 2.05) is 6.92 Å². The molecular formula is C19H12Br2O5. The molecule has 2 heterocycles. The molecule has 4 aromatic rings. The Morgan fingerprint density at radius 2 is 1.62 bits per heavy atom. The number of hydrogen-bond acceptors (Lipinski definition) is 5. The van der Waals surface area contributed by atoms with Gasteiger partial charge in [-0.3, -0.25) is 4.79 Å². The summed E-state index contributed by atoms with van der Waals surface area (Å²) in [4.78, 5) is 11.1. The number of carbonyl (C=O) groups excluding carboxylic acids is 1. The van der Waals surface area contributed by atoms with Gasteiger partial charge in [-0.1, -0.05) is 0 Å². The second-order valence-electron chi connectivity index (χ2n) is 6.01. The van der Waals surface area contributed by atoms with Gasteiger partial charge in [-0.25, -0.2) is 0 Å². The maximum atomic E-state index is 11.1. The van der Waals surface area contributed by atoms with E-state index in [0.29, 0.717) is 56.2 Å². The quantitative estimate of drug-likeness (QED) is 0.361. The molecule has 0 aliphatic rings. The average Bonchev–Trinajstić information content (AvgIpc) is 3.20. The van der Waals surface area contributed by atoms with E-state index in [0.717, 1.165) is 4.47 Å². The summed E-state index contributed by atoms with van der Waals surface area (Å²) in [6, 6.07) is 6.72. The van der Waals surface area contributed by atoms with Crippen LogP contribution < -0.4 is 0 Å². The normalized spacial score (nSPS) is 11.5. The SMILES string of the molecule is Cc1cc2c(O)c(Cc3cc4c(O)c(C=O)cc(Br)c4o3)cc(Br)c2o1. The lowest BCUT2D eigenvalue weighted by Gasteiger charge is -2.05. The van der Waals surface area contributed by atoms with E-state index in [1.165, 1.54) is 6.07 Å². The number of halogens is 2. The lowest BCUT2D eigenvalue weighted by Crippen LogP contribution is -1.88. The van der Waals surface area contributed by atoms with E-state index in [2.05, 4.69) is 31.9 Å². The van der Waals surface area contributed by atoms with Crippen molar-refractivity contribution in [2.45, 2.75) is 13.3 Å². The van der Waals surface area contributed by atoms with Gasteiger partial charge in [-0.15, -0.1) is 0 Å². The summed E-state index contributed by atoms with van der Waals surface area (Å²) in [6.07, 6.45) is 0.895. The van der Waals surface area contributed by atoms with Crippen molar-refractivity contribution in [1.29, 1.82) is 0 Å². The fourth-order valence-electron chi connectivity index (χ4n) is 3.05. The highest BCUT2D eigenvalue weighted by molar-refractivity contribution is 9.11. The fraction of sp³-hybridized carbons (Fsp3) is 0.105. The molecule has 2 aromatic heterocycles. The van der Waals surface area contributed by atoms with E-state index in [9.17, 15) is 15.0 Å². The molecule has 2 aromatic carbocycles. The van der Waals surface area contributed by atoms with E-state index >= 15 is 0 Å². The molecule has 2 N–H and O–H groups in total. The van der Waals surface area contributed by atoms with Crippen molar-refractivity contribution in [3.05, 3.63) is 55.9 Å². The molecule has 0 aliphatic carbocycles. The number of benzene rings is 2. The molecule has 0 atom stereocenters. The number of phenols is 2. The number of aryl methyl sites for hydroxylation is 1. The summed E-state index contributed by atoms with van der Waals surface area (Å²) < 4.78 is 12.7. The lowest BCUT2D eigenvalue weighted by molar-refractivity contribution is 0.112. The molecule has 0 bridgehead atoms. The topological polar surface area (TPSA) is 83.8 Å². The third kappa shape index (κ3) is 2.62. The predicted molar refractivity (Wildman–Crippen MR) is 104 cm³/mol. The number of hydrogen-bond donors (Lipinski definition) is 2. The summed E-state index contributed by atoms with van der Waals surface area (Å²) >= 11 is 6.81. The van der Waals surface area contributed by atoms with Crippen molar-refractivity contribution in [3.8, 4) is 11.5 Å². The maximum Gasteiger partial charge on any atom is 0.153 e. The molecule has 0 saturated carbocycles. The third-order valence-electron chi connectivity index (χ3n) is 4.23. The maximum absolute atomic E-state index is 11.1. The molecule has 0 radical (unpaired) electrons. The Hall–Kier alpha value is -2.25. The van der Waals surface area contributed by atoms with Gasteiger partial charge in [0.2, 0.25) is 0 Å². The van der Waals surface area contributed by atoms with Gasteiger partial charge in [-0.2, -0.15) is 0 Å². The summed E-state index contributed by atoms with van der Waals surface area (Å²) in [5.41, 5.74) is 1.86. The zero-order valence-corrected chi connectivity index (χ0v) is 16.6. The zero-order valence-electron chi connectivity index (χ0n) is 13.5. The predicted octanol–water partition coefficient (Wildman–Crippen LogP) is 5.83. The summed E-state index contributed by atoms with van der Waals surface area (Å²) in [5.74, 6) is 1.24. The van der Waals surface area contributed by atoms with Gasteiger partial charge in [0.05, 0.1) is 25.3 Å². The summed E-state index contributed by atoms with van der Waals surface area (Å²) in [5, 5.41) is 21.9. The van der Waals surface area contributed by atoms with Crippen LogP contribution in [0.15, 0.2) is 42.0 Å². The Bertz CT molecular complexity index is 1190. The van der Waals surface area contributed by atoms with Crippen LogP contribution in [0.1, 0.15) is 27.4 Å². The van der Waals surface area contributed by atoms with Gasteiger partial charge in [0.25, 0.3) is 0 Å². The molecule has 0 spiro atoms. The number of furan rings is 2. The first kappa shape index (κ1) is 17.2. The number of aromatic hydroxyl groups is 2. The summed E-state index contributed by atoms with van der Waals surface area (Å²) in [7, 11) is 0. The van der Waals surface area contributed by atoms with Crippen LogP contribution in [0.2, 0.25) is 0 Å². The first-order chi connectivity index (χ1) is 12.4. The molecule has 0 fully saturated rings. The van der Waals surface area contributed by atoms with Crippen LogP contribution in [0.5, 0.6) is 11.5 Å². The Labute approximate surface area is 164 Å². The molecule has 0 aliphatic heterocycles. The molecule has 132 valence electrons. The monoisotopic (exact) mass is 478 g/mol. The van der Waals surface area contributed by atoms with E-state index in [-0.39, 0.29) is 17.1 Å². The van der Waals surface area contributed by atoms with Crippen molar-refractivity contribution < 1.29 is 23.8 Å². The lowest BCUT2D eigenvalue weighted by atomic mass is 10.1. The van der Waals surface area contributed by atoms with E-state index < -0.39 is 0 Å². The van der Waals surface area contributed by atoms with E-state index in [1.54, 1.807) is 18.2 Å².